The minimum Gasteiger partial charge on any atom is -0.361 e. The van der Waals surface area contributed by atoms with Gasteiger partial charge in [-0.1, -0.05) is 18.2 Å². The minimum atomic E-state index is 1.16. The summed E-state index contributed by atoms with van der Waals surface area (Å²) in [6, 6.07) is 0. The fraction of sp³-hybridized carbons (Fsp3) is 0.200. The van der Waals surface area contributed by atoms with E-state index in [2.05, 4.69) is 24.4 Å². The van der Waals surface area contributed by atoms with Gasteiger partial charge in [-0.15, -0.1) is 0 Å². The van der Waals surface area contributed by atoms with Crippen LogP contribution in [0, 0.1) is 0 Å². The van der Waals surface area contributed by atoms with E-state index in [1.165, 1.54) is 5.57 Å². The van der Waals surface area contributed by atoms with Gasteiger partial charge < -0.3 is 5.32 Å². The van der Waals surface area contributed by atoms with E-state index < -0.39 is 0 Å². The summed E-state index contributed by atoms with van der Waals surface area (Å²) in [5.74, 6) is 0. The predicted octanol–water partition coefficient (Wildman–Crippen LogP) is 2.51. The first-order valence-electron chi connectivity index (χ1n) is 3.78. The van der Waals surface area contributed by atoms with Gasteiger partial charge in [0.2, 0.25) is 0 Å². The number of nitrogens with one attached hydrogen (secondary N) is 1. The van der Waals surface area contributed by atoms with Crippen molar-refractivity contribution < 1.29 is 0 Å². The van der Waals surface area contributed by atoms with Crippen molar-refractivity contribution in [2.45, 2.75) is 13.8 Å². The zero-order valence-electron chi connectivity index (χ0n) is 6.96. The Balaban J connectivity index is 2.80. The molecule has 0 bridgehead atoms. The Labute approximate surface area is 67.8 Å². The number of allylic oxidation sites excluding steroid dienone is 6. The molecule has 58 valence electrons. The van der Waals surface area contributed by atoms with E-state index in [0.29, 0.717) is 0 Å². The summed E-state index contributed by atoms with van der Waals surface area (Å²) < 4.78 is 0. The molecule has 0 aromatic rings. The van der Waals surface area contributed by atoms with Crippen LogP contribution >= 0.6 is 0 Å². The summed E-state index contributed by atoms with van der Waals surface area (Å²) >= 11 is 0. The normalized spacial score (nSPS) is 17.3. The molecule has 0 radical (unpaired) electrons. The van der Waals surface area contributed by atoms with E-state index in [4.69, 9.17) is 0 Å². The Kier molecular flexibility index (Phi) is 2.73. The lowest BCUT2D eigenvalue weighted by molar-refractivity contribution is 1.07. The highest BCUT2D eigenvalue weighted by atomic mass is 14.8. The Hall–Kier alpha value is -1.24. The molecule has 1 heteroatoms. The van der Waals surface area contributed by atoms with Crippen molar-refractivity contribution in [3.8, 4) is 0 Å². The molecule has 11 heavy (non-hydrogen) atoms. The van der Waals surface area contributed by atoms with Gasteiger partial charge in [0.25, 0.3) is 0 Å². The maximum absolute atomic E-state index is 3.18. The first-order valence-corrected chi connectivity index (χ1v) is 3.78. The summed E-state index contributed by atoms with van der Waals surface area (Å²) in [4.78, 5) is 0. The lowest BCUT2D eigenvalue weighted by atomic mass is 10.2. The Morgan fingerprint density at radius 3 is 2.91 bits per heavy atom. The van der Waals surface area contributed by atoms with Gasteiger partial charge in [0, 0.05) is 11.9 Å². The first-order chi connectivity index (χ1) is 5.34. The van der Waals surface area contributed by atoms with Crippen LogP contribution in [-0.4, -0.2) is 0 Å². The highest BCUT2D eigenvalue weighted by Crippen LogP contribution is 2.06. The molecule has 1 N–H and O–H groups in total. The van der Waals surface area contributed by atoms with Gasteiger partial charge in [-0.25, -0.2) is 0 Å². The second-order valence-corrected chi connectivity index (χ2v) is 2.44. The molecule has 0 atom stereocenters. The molecule has 1 heterocycles. The van der Waals surface area contributed by atoms with E-state index >= 15 is 0 Å². The maximum atomic E-state index is 3.18. The molecule has 1 aliphatic rings. The highest BCUT2D eigenvalue weighted by Gasteiger charge is 1.94. The van der Waals surface area contributed by atoms with Crippen molar-refractivity contribution >= 4 is 0 Å². The molecule has 1 aliphatic heterocycles. The molecule has 0 spiro atoms. The van der Waals surface area contributed by atoms with Crippen molar-refractivity contribution in [1.29, 1.82) is 0 Å². The van der Waals surface area contributed by atoms with Crippen LogP contribution in [0.4, 0.5) is 0 Å². The quantitative estimate of drug-likeness (QED) is 0.601. The molecule has 0 saturated carbocycles. The summed E-state index contributed by atoms with van der Waals surface area (Å²) in [5.41, 5.74) is 2.43. The SMILES string of the molecule is CC=C(C)C1=CC=CC=CN1. The monoisotopic (exact) mass is 147 g/mol. The number of rotatable bonds is 1. The summed E-state index contributed by atoms with van der Waals surface area (Å²) in [7, 11) is 0. The van der Waals surface area contributed by atoms with Gasteiger partial charge in [0.15, 0.2) is 0 Å². The zero-order chi connectivity index (χ0) is 8.10. The summed E-state index contributed by atoms with van der Waals surface area (Å²) in [6.45, 7) is 4.13. The van der Waals surface area contributed by atoms with Crippen LogP contribution in [0.3, 0.4) is 0 Å². The Morgan fingerprint density at radius 2 is 2.18 bits per heavy atom. The topological polar surface area (TPSA) is 12.0 Å². The number of hydrogen-bond donors (Lipinski definition) is 1. The van der Waals surface area contributed by atoms with Crippen molar-refractivity contribution in [2.24, 2.45) is 0 Å². The van der Waals surface area contributed by atoms with Gasteiger partial charge in [0.1, 0.15) is 0 Å². The molecular formula is C10H13N. The van der Waals surface area contributed by atoms with Crippen molar-refractivity contribution in [3.63, 3.8) is 0 Å². The van der Waals surface area contributed by atoms with Gasteiger partial charge in [-0.3, -0.25) is 0 Å². The largest absolute Gasteiger partial charge is 0.361 e. The second-order valence-electron chi connectivity index (χ2n) is 2.44. The Bertz CT molecular complexity index is 242. The Morgan fingerprint density at radius 1 is 1.36 bits per heavy atom. The minimum absolute atomic E-state index is 1.16. The van der Waals surface area contributed by atoms with Crippen LogP contribution in [-0.2, 0) is 0 Å². The van der Waals surface area contributed by atoms with Crippen molar-refractivity contribution in [3.05, 3.63) is 47.9 Å². The standard InChI is InChI=1S/C10H13N/c1-3-9(2)10-7-5-4-6-8-11-10/h3-8,11H,1-2H3. The smallest absolute Gasteiger partial charge is 0.0406 e. The van der Waals surface area contributed by atoms with E-state index in [1.807, 2.05) is 31.4 Å². The fourth-order valence-electron chi connectivity index (χ4n) is 0.858. The average molecular weight is 147 g/mol. The van der Waals surface area contributed by atoms with E-state index in [9.17, 15) is 0 Å². The molecule has 0 aromatic heterocycles. The third-order valence-corrected chi connectivity index (χ3v) is 1.68. The summed E-state index contributed by atoms with van der Waals surface area (Å²) in [6.07, 6.45) is 12.1. The second kappa shape index (κ2) is 3.81. The van der Waals surface area contributed by atoms with Crippen LogP contribution in [0.1, 0.15) is 13.8 Å². The molecule has 0 saturated heterocycles. The van der Waals surface area contributed by atoms with E-state index in [0.717, 1.165) is 5.70 Å². The van der Waals surface area contributed by atoms with Crippen molar-refractivity contribution in [2.75, 3.05) is 0 Å². The molecule has 1 nitrogen and oxygen atoms in total. The molecule has 0 amide bonds. The molecule has 0 fully saturated rings. The average Bonchev–Trinajstić information content (AvgIpc) is 2.30. The summed E-state index contributed by atoms with van der Waals surface area (Å²) in [5, 5.41) is 3.18. The third kappa shape index (κ3) is 2.11. The van der Waals surface area contributed by atoms with Crippen LogP contribution in [0.2, 0.25) is 0 Å². The zero-order valence-corrected chi connectivity index (χ0v) is 6.96. The molecule has 0 unspecified atom stereocenters. The fourth-order valence-corrected chi connectivity index (χ4v) is 0.858. The van der Waals surface area contributed by atoms with Crippen LogP contribution < -0.4 is 5.32 Å². The van der Waals surface area contributed by atoms with E-state index in [1.54, 1.807) is 0 Å². The lowest BCUT2D eigenvalue weighted by Crippen LogP contribution is -2.04. The highest BCUT2D eigenvalue weighted by molar-refractivity contribution is 5.34. The molecule has 0 aromatic carbocycles. The molecule has 0 aliphatic carbocycles. The molecule has 1 rings (SSSR count). The van der Waals surface area contributed by atoms with Gasteiger partial charge >= 0.3 is 0 Å². The van der Waals surface area contributed by atoms with Crippen LogP contribution in [0.5, 0.6) is 0 Å². The van der Waals surface area contributed by atoms with E-state index in [-0.39, 0.29) is 0 Å². The van der Waals surface area contributed by atoms with Crippen LogP contribution in [0.15, 0.2) is 47.9 Å². The van der Waals surface area contributed by atoms with Gasteiger partial charge in [-0.05, 0) is 31.6 Å². The predicted molar refractivity (Wildman–Crippen MR) is 48.9 cm³/mol. The van der Waals surface area contributed by atoms with Crippen LogP contribution in [0.25, 0.3) is 0 Å². The maximum Gasteiger partial charge on any atom is 0.0406 e. The van der Waals surface area contributed by atoms with Crippen molar-refractivity contribution in [1.82, 2.24) is 5.32 Å². The third-order valence-electron chi connectivity index (χ3n) is 1.68. The first kappa shape index (κ1) is 7.86. The van der Waals surface area contributed by atoms with Gasteiger partial charge in [0.05, 0.1) is 0 Å². The lowest BCUT2D eigenvalue weighted by Gasteiger charge is -2.04. The molecular weight excluding hydrogens is 134 g/mol. The van der Waals surface area contributed by atoms with Gasteiger partial charge in [-0.2, -0.15) is 0 Å². The number of hydrogen-bond acceptors (Lipinski definition) is 1.